The number of aryl methyl sites for hydroxylation is 1. The van der Waals surface area contributed by atoms with Crippen LogP contribution in [0.1, 0.15) is 16.7 Å². The van der Waals surface area contributed by atoms with E-state index in [1.165, 1.54) is 16.7 Å². The number of likely N-dealkylation sites (tertiary alicyclic amines) is 1. The largest absolute Gasteiger partial charge is 0.564 e. The fourth-order valence-corrected chi connectivity index (χ4v) is 3.51. The molecule has 0 radical (unpaired) electrons. The lowest BCUT2D eigenvalue weighted by molar-refractivity contribution is 0.0969. The highest BCUT2D eigenvalue weighted by atomic mass is 16.4. The molecule has 2 heterocycles. The molecule has 1 aromatic rings. The van der Waals surface area contributed by atoms with Crippen LogP contribution in [0.3, 0.4) is 0 Å². The van der Waals surface area contributed by atoms with Crippen molar-refractivity contribution in [3.8, 4) is 5.75 Å². The number of rotatable bonds is 5. The van der Waals surface area contributed by atoms with Gasteiger partial charge in [-0.2, -0.15) is 0 Å². The zero-order chi connectivity index (χ0) is 15.7. The first-order chi connectivity index (χ1) is 10.5. The lowest BCUT2D eigenvalue weighted by Gasteiger charge is -2.41. The monoisotopic (exact) mass is 299 g/mol. The second-order valence-corrected chi connectivity index (χ2v) is 6.76. The fourth-order valence-electron chi connectivity index (χ4n) is 3.51. The smallest absolute Gasteiger partial charge is 0.340 e. The van der Waals surface area contributed by atoms with Crippen LogP contribution in [0.5, 0.6) is 5.75 Å². The standard InChI is InChI=1S/C17H26BN3O/c1-11-15(4-3-14-5-6-18-22-17(11)14)7-13-8-21(9-13)10-16(20)12(2)19/h3-4,13,16,18H,2,5-10,19-20H2,1H3. The number of hydrogen-bond donors (Lipinski definition) is 2. The summed E-state index contributed by atoms with van der Waals surface area (Å²) >= 11 is 0. The zero-order valence-corrected chi connectivity index (χ0v) is 13.5. The molecule has 1 unspecified atom stereocenters. The Morgan fingerprint density at radius 3 is 3.00 bits per heavy atom. The van der Waals surface area contributed by atoms with Crippen LogP contribution < -0.4 is 16.1 Å². The average molecular weight is 299 g/mol. The van der Waals surface area contributed by atoms with E-state index in [2.05, 4.69) is 30.5 Å². The Balaban J connectivity index is 1.56. The van der Waals surface area contributed by atoms with E-state index in [9.17, 15) is 0 Å². The Bertz CT molecular complexity index is 569. The molecule has 0 spiro atoms. The van der Waals surface area contributed by atoms with Gasteiger partial charge in [0.1, 0.15) is 5.75 Å². The molecule has 0 aromatic heterocycles. The molecule has 0 amide bonds. The van der Waals surface area contributed by atoms with Crippen molar-refractivity contribution in [3.63, 3.8) is 0 Å². The maximum absolute atomic E-state index is 5.94. The molecule has 1 saturated heterocycles. The van der Waals surface area contributed by atoms with Gasteiger partial charge in [-0.3, -0.25) is 0 Å². The van der Waals surface area contributed by atoms with Gasteiger partial charge in [-0.15, -0.1) is 0 Å². The van der Waals surface area contributed by atoms with Crippen molar-refractivity contribution < 1.29 is 4.65 Å². The molecule has 118 valence electrons. The summed E-state index contributed by atoms with van der Waals surface area (Å²) in [5.74, 6) is 1.85. The summed E-state index contributed by atoms with van der Waals surface area (Å²) in [5.41, 5.74) is 16.3. The lowest BCUT2D eigenvalue weighted by Crippen LogP contribution is -2.52. The number of nitrogens with two attached hydrogens (primary N) is 2. The van der Waals surface area contributed by atoms with Crippen molar-refractivity contribution in [1.29, 1.82) is 0 Å². The third-order valence-electron chi connectivity index (χ3n) is 4.91. The minimum Gasteiger partial charge on any atom is -0.564 e. The van der Waals surface area contributed by atoms with Crippen LogP contribution in [0.15, 0.2) is 24.4 Å². The van der Waals surface area contributed by atoms with Gasteiger partial charge in [0.05, 0.1) is 6.04 Å². The molecule has 0 bridgehead atoms. The molecule has 0 saturated carbocycles. The number of nitrogens with zero attached hydrogens (tertiary/aromatic N) is 1. The molecule has 22 heavy (non-hydrogen) atoms. The van der Waals surface area contributed by atoms with Crippen molar-refractivity contribution in [1.82, 2.24) is 4.90 Å². The van der Waals surface area contributed by atoms with Crippen LogP contribution in [0.2, 0.25) is 6.32 Å². The second-order valence-electron chi connectivity index (χ2n) is 6.76. The third kappa shape index (κ3) is 3.15. The summed E-state index contributed by atoms with van der Waals surface area (Å²) in [7, 11) is 0.857. The van der Waals surface area contributed by atoms with Gasteiger partial charge < -0.3 is 21.0 Å². The van der Waals surface area contributed by atoms with E-state index < -0.39 is 0 Å². The molecule has 4 N–H and O–H groups in total. The summed E-state index contributed by atoms with van der Waals surface area (Å²) in [5, 5.41) is 0. The summed E-state index contributed by atoms with van der Waals surface area (Å²) < 4.78 is 5.88. The molecular formula is C17H26BN3O. The van der Waals surface area contributed by atoms with E-state index in [-0.39, 0.29) is 6.04 Å². The average Bonchev–Trinajstić information content (AvgIpc) is 2.47. The summed E-state index contributed by atoms with van der Waals surface area (Å²) in [6.45, 7) is 8.93. The van der Waals surface area contributed by atoms with Gasteiger partial charge in [-0.05, 0) is 48.7 Å². The van der Waals surface area contributed by atoms with Crippen molar-refractivity contribution in [2.24, 2.45) is 17.4 Å². The molecule has 2 aliphatic heterocycles. The van der Waals surface area contributed by atoms with Crippen molar-refractivity contribution in [2.45, 2.75) is 32.1 Å². The highest BCUT2D eigenvalue weighted by Crippen LogP contribution is 2.32. The SMILES string of the molecule is C=C(N)C(N)CN1CC(Cc2ccc3c(c2C)OBCC3)C1. The predicted octanol–water partition coefficient (Wildman–Crippen LogP) is 0.974. The highest BCUT2D eigenvalue weighted by Gasteiger charge is 2.29. The molecule has 3 rings (SSSR count). The zero-order valence-electron chi connectivity index (χ0n) is 13.5. The van der Waals surface area contributed by atoms with Gasteiger partial charge in [-0.25, -0.2) is 0 Å². The Morgan fingerprint density at radius 1 is 1.50 bits per heavy atom. The van der Waals surface area contributed by atoms with Gasteiger partial charge in [0.2, 0.25) is 0 Å². The minimum atomic E-state index is -0.111. The number of fused-ring (bicyclic) bond motifs is 1. The molecule has 1 aromatic carbocycles. The maximum atomic E-state index is 5.94. The summed E-state index contributed by atoms with van der Waals surface area (Å²) in [4.78, 5) is 2.36. The van der Waals surface area contributed by atoms with Crippen LogP contribution in [0.25, 0.3) is 0 Å². The fraction of sp³-hybridized carbons (Fsp3) is 0.529. The van der Waals surface area contributed by atoms with Crippen LogP contribution >= 0.6 is 0 Å². The topological polar surface area (TPSA) is 64.5 Å². The molecule has 1 fully saturated rings. The van der Waals surface area contributed by atoms with E-state index in [1.54, 1.807) is 0 Å². The Labute approximate surface area is 133 Å². The van der Waals surface area contributed by atoms with Crippen LogP contribution in [0.4, 0.5) is 0 Å². The van der Waals surface area contributed by atoms with E-state index in [4.69, 9.17) is 16.1 Å². The molecule has 0 aliphatic carbocycles. The van der Waals surface area contributed by atoms with Crippen molar-refractivity contribution in [2.75, 3.05) is 19.6 Å². The number of benzene rings is 1. The summed E-state index contributed by atoms with van der Waals surface area (Å²) in [6, 6.07) is 4.43. The quantitative estimate of drug-likeness (QED) is 0.795. The molecule has 2 aliphatic rings. The van der Waals surface area contributed by atoms with Gasteiger partial charge in [0, 0.05) is 25.3 Å². The normalized spacial score (nSPS) is 19.5. The first-order valence-corrected chi connectivity index (χ1v) is 8.21. The third-order valence-corrected chi connectivity index (χ3v) is 4.91. The number of hydrogen-bond acceptors (Lipinski definition) is 4. The van der Waals surface area contributed by atoms with Crippen LogP contribution in [-0.2, 0) is 12.8 Å². The highest BCUT2D eigenvalue weighted by molar-refractivity contribution is 6.29. The second kappa shape index (κ2) is 6.35. The van der Waals surface area contributed by atoms with Crippen molar-refractivity contribution in [3.05, 3.63) is 41.1 Å². The molecular weight excluding hydrogens is 273 g/mol. The van der Waals surface area contributed by atoms with E-state index in [1.807, 2.05) is 0 Å². The lowest BCUT2D eigenvalue weighted by atomic mass is 9.83. The first-order valence-electron chi connectivity index (χ1n) is 8.21. The van der Waals surface area contributed by atoms with E-state index in [0.29, 0.717) is 11.6 Å². The Hall–Kier alpha value is -1.46. The van der Waals surface area contributed by atoms with Gasteiger partial charge in [0.15, 0.2) is 0 Å². The molecule has 5 heteroatoms. The van der Waals surface area contributed by atoms with Gasteiger partial charge >= 0.3 is 7.48 Å². The van der Waals surface area contributed by atoms with E-state index >= 15 is 0 Å². The Morgan fingerprint density at radius 2 is 2.27 bits per heavy atom. The van der Waals surface area contributed by atoms with Crippen LogP contribution in [0, 0.1) is 12.8 Å². The minimum absolute atomic E-state index is 0.111. The van der Waals surface area contributed by atoms with Gasteiger partial charge in [0.25, 0.3) is 0 Å². The Kier molecular flexibility index (Phi) is 4.45. The predicted molar refractivity (Wildman–Crippen MR) is 92.4 cm³/mol. The first kappa shape index (κ1) is 15.4. The van der Waals surface area contributed by atoms with Crippen molar-refractivity contribution >= 4 is 7.48 Å². The maximum Gasteiger partial charge on any atom is 0.340 e. The molecule has 4 nitrogen and oxygen atoms in total. The van der Waals surface area contributed by atoms with Crippen LogP contribution in [-0.4, -0.2) is 38.1 Å². The summed E-state index contributed by atoms with van der Waals surface area (Å²) in [6.07, 6.45) is 3.41. The van der Waals surface area contributed by atoms with Gasteiger partial charge in [-0.1, -0.05) is 18.7 Å². The van der Waals surface area contributed by atoms with E-state index in [0.717, 1.165) is 52.0 Å². The molecule has 1 atom stereocenters.